The first-order valence-electron chi connectivity index (χ1n) is 8.14. The second kappa shape index (κ2) is 9.10. The second-order valence-electron chi connectivity index (χ2n) is 5.46. The van der Waals surface area contributed by atoms with Crippen LogP contribution in [0.5, 0.6) is 5.75 Å². The highest BCUT2D eigenvalue weighted by Gasteiger charge is 2.38. The fourth-order valence-corrected chi connectivity index (χ4v) is 3.24. The Labute approximate surface area is 177 Å². The summed E-state index contributed by atoms with van der Waals surface area (Å²) in [6, 6.07) is 7.96. The van der Waals surface area contributed by atoms with Gasteiger partial charge in [-0.25, -0.2) is 0 Å². The third kappa shape index (κ3) is 5.46. The van der Waals surface area contributed by atoms with E-state index in [-0.39, 0.29) is 17.5 Å². The van der Waals surface area contributed by atoms with Crippen LogP contribution in [0, 0.1) is 0 Å². The number of nitrogens with zero attached hydrogens (tertiary/aromatic N) is 4. The lowest BCUT2D eigenvalue weighted by atomic mass is 10.3. The summed E-state index contributed by atoms with van der Waals surface area (Å²) in [5.74, 6) is 0.391. The van der Waals surface area contributed by atoms with E-state index in [0.717, 1.165) is 18.0 Å². The summed E-state index contributed by atoms with van der Waals surface area (Å²) in [6.07, 6.45) is -3.53. The average molecular weight is 465 g/mol. The Morgan fingerprint density at radius 2 is 2.03 bits per heavy atom. The molecule has 2 aromatic heterocycles. The van der Waals surface area contributed by atoms with Crippen molar-refractivity contribution in [2.24, 2.45) is 5.10 Å². The van der Waals surface area contributed by atoms with Crippen molar-refractivity contribution >= 4 is 41.2 Å². The minimum atomic E-state index is -4.68. The maximum absolute atomic E-state index is 13.1. The third-order valence-corrected chi connectivity index (χ3v) is 4.72. The van der Waals surface area contributed by atoms with Gasteiger partial charge in [0.1, 0.15) is 23.9 Å². The fourth-order valence-electron chi connectivity index (χ4n) is 2.16. The van der Waals surface area contributed by atoms with Gasteiger partial charge in [-0.1, -0.05) is 41.9 Å². The molecule has 12 heteroatoms. The van der Waals surface area contributed by atoms with E-state index >= 15 is 0 Å². The Morgan fingerprint density at radius 3 is 2.72 bits per heavy atom. The predicted octanol–water partition coefficient (Wildman–Crippen LogP) is 5.77. The van der Waals surface area contributed by atoms with Crippen molar-refractivity contribution in [2.45, 2.75) is 24.9 Å². The molecule has 0 atom stereocenters. The van der Waals surface area contributed by atoms with E-state index in [2.05, 4.69) is 15.3 Å². The number of hydrogen-bond acceptors (Lipinski definition) is 6. The number of hydrogen-bond donors (Lipinski definition) is 0. The van der Waals surface area contributed by atoms with Crippen LogP contribution in [0.4, 0.5) is 13.2 Å². The van der Waals surface area contributed by atoms with Crippen LogP contribution in [0.25, 0.3) is 0 Å². The summed E-state index contributed by atoms with van der Waals surface area (Å²) in [5.41, 5.74) is 0. The number of aromatic nitrogens is 3. The van der Waals surface area contributed by atoms with Crippen LogP contribution in [-0.4, -0.2) is 26.8 Å². The SMILES string of the molecule is CCSc1nnc(C(F)(F)F)n1/N=C/c1ccc(COc2ccc(Cl)cc2Cl)o1. The molecule has 154 valence electrons. The number of thioether (sulfide) groups is 1. The molecule has 0 saturated heterocycles. The van der Waals surface area contributed by atoms with Crippen LogP contribution in [0.3, 0.4) is 0 Å². The maximum Gasteiger partial charge on any atom is 0.453 e. The van der Waals surface area contributed by atoms with Gasteiger partial charge in [0, 0.05) is 5.02 Å². The molecule has 1 aromatic carbocycles. The third-order valence-electron chi connectivity index (χ3n) is 3.39. The lowest BCUT2D eigenvalue weighted by Crippen LogP contribution is -2.13. The summed E-state index contributed by atoms with van der Waals surface area (Å²) in [4.78, 5) is 0. The Hall–Kier alpha value is -2.17. The largest absolute Gasteiger partial charge is 0.484 e. The number of ether oxygens (including phenoxy) is 1. The van der Waals surface area contributed by atoms with Gasteiger partial charge >= 0.3 is 6.18 Å². The normalized spacial score (nSPS) is 12.1. The summed E-state index contributed by atoms with van der Waals surface area (Å²) in [7, 11) is 0. The van der Waals surface area contributed by atoms with Gasteiger partial charge in [-0.15, -0.1) is 10.2 Å². The standard InChI is InChI=1S/C17H13Cl2F3N4O2S/c1-2-29-16-25-24-15(17(20,21)22)26(16)23-8-11-4-5-12(28-11)9-27-14-6-3-10(18)7-13(14)19/h3-8H,2,9H2,1H3/b23-8+. The maximum atomic E-state index is 13.1. The molecule has 0 unspecified atom stereocenters. The molecule has 0 spiro atoms. The molecular weight excluding hydrogens is 452 g/mol. The molecular formula is C17H13Cl2F3N4O2S. The summed E-state index contributed by atoms with van der Waals surface area (Å²) in [5, 5.41) is 11.4. The van der Waals surface area contributed by atoms with Gasteiger partial charge in [0.05, 0.1) is 11.2 Å². The van der Waals surface area contributed by atoms with E-state index in [1.165, 1.54) is 0 Å². The number of furan rings is 1. The molecule has 0 aliphatic carbocycles. The van der Waals surface area contributed by atoms with Crippen molar-refractivity contribution in [2.75, 3.05) is 5.75 Å². The zero-order valence-electron chi connectivity index (χ0n) is 14.8. The number of benzene rings is 1. The van der Waals surface area contributed by atoms with Crippen LogP contribution >= 0.6 is 35.0 Å². The summed E-state index contributed by atoms with van der Waals surface area (Å²) in [6.45, 7) is 1.85. The van der Waals surface area contributed by atoms with Crippen molar-refractivity contribution in [3.05, 3.63) is 57.7 Å². The zero-order valence-corrected chi connectivity index (χ0v) is 17.1. The van der Waals surface area contributed by atoms with Crippen LogP contribution < -0.4 is 4.74 Å². The van der Waals surface area contributed by atoms with Crippen LogP contribution in [0.15, 0.2) is 45.0 Å². The Balaban J connectivity index is 1.73. The number of halogens is 5. The highest BCUT2D eigenvalue weighted by Crippen LogP contribution is 2.31. The molecule has 2 heterocycles. The molecule has 29 heavy (non-hydrogen) atoms. The van der Waals surface area contributed by atoms with Crippen LogP contribution in [0.1, 0.15) is 24.3 Å². The van der Waals surface area contributed by atoms with E-state index < -0.39 is 12.0 Å². The Bertz CT molecular complexity index is 1020. The van der Waals surface area contributed by atoms with Gasteiger partial charge in [0.15, 0.2) is 0 Å². The molecule has 0 bridgehead atoms. The second-order valence-corrected chi connectivity index (χ2v) is 7.54. The summed E-state index contributed by atoms with van der Waals surface area (Å²) < 4.78 is 51.0. The smallest absolute Gasteiger partial charge is 0.453 e. The Morgan fingerprint density at radius 1 is 1.24 bits per heavy atom. The molecule has 0 saturated carbocycles. The van der Waals surface area contributed by atoms with E-state index in [1.54, 1.807) is 37.3 Å². The molecule has 0 amide bonds. The van der Waals surface area contributed by atoms with E-state index in [1.807, 2.05) is 0 Å². The van der Waals surface area contributed by atoms with E-state index in [0.29, 0.717) is 32.0 Å². The topological polar surface area (TPSA) is 65.4 Å². The molecule has 3 aromatic rings. The first-order chi connectivity index (χ1) is 13.8. The minimum absolute atomic E-state index is 0.0311. The molecule has 3 rings (SSSR count). The number of alkyl halides is 3. The average Bonchev–Trinajstić information content (AvgIpc) is 3.26. The monoisotopic (exact) mass is 464 g/mol. The van der Waals surface area contributed by atoms with Gasteiger partial charge in [-0.2, -0.15) is 22.9 Å². The predicted molar refractivity (Wildman–Crippen MR) is 104 cm³/mol. The lowest BCUT2D eigenvalue weighted by molar-refractivity contribution is -0.147. The Kier molecular flexibility index (Phi) is 6.76. The summed E-state index contributed by atoms with van der Waals surface area (Å²) >= 11 is 12.9. The van der Waals surface area contributed by atoms with Crippen molar-refractivity contribution in [1.29, 1.82) is 0 Å². The van der Waals surface area contributed by atoms with Crippen molar-refractivity contribution in [1.82, 2.24) is 14.9 Å². The van der Waals surface area contributed by atoms with Crippen molar-refractivity contribution in [3.63, 3.8) is 0 Å². The van der Waals surface area contributed by atoms with Gasteiger partial charge < -0.3 is 9.15 Å². The lowest BCUT2D eigenvalue weighted by Gasteiger charge is -2.06. The van der Waals surface area contributed by atoms with Gasteiger partial charge in [0.25, 0.3) is 5.82 Å². The van der Waals surface area contributed by atoms with Gasteiger partial charge in [-0.05, 0) is 36.1 Å². The minimum Gasteiger partial charge on any atom is -0.484 e. The highest BCUT2D eigenvalue weighted by molar-refractivity contribution is 7.99. The highest BCUT2D eigenvalue weighted by atomic mass is 35.5. The van der Waals surface area contributed by atoms with Crippen LogP contribution in [-0.2, 0) is 12.8 Å². The quantitative estimate of drug-likeness (QED) is 0.328. The molecule has 0 radical (unpaired) electrons. The molecule has 0 fully saturated rings. The van der Waals surface area contributed by atoms with E-state index in [9.17, 15) is 13.2 Å². The first kappa shape index (κ1) is 21.5. The zero-order chi connectivity index (χ0) is 21.0. The van der Waals surface area contributed by atoms with Crippen molar-refractivity contribution < 1.29 is 22.3 Å². The van der Waals surface area contributed by atoms with Gasteiger partial charge in [0.2, 0.25) is 5.16 Å². The molecule has 0 N–H and O–H groups in total. The fraction of sp³-hybridized carbons (Fsp3) is 0.235. The van der Waals surface area contributed by atoms with E-state index in [4.69, 9.17) is 32.4 Å². The number of rotatable bonds is 7. The molecule has 0 aliphatic heterocycles. The van der Waals surface area contributed by atoms with Crippen LogP contribution in [0.2, 0.25) is 10.0 Å². The van der Waals surface area contributed by atoms with Gasteiger partial charge in [-0.3, -0.25) is 0 Å². The van der Waals surface area contributed by atoms with Crippen molar-refractivity contribution in [3.8, 4) is 5.75 Å². The first-order valence-corrected chi connectivity index (χ1v) is 9.88. The molecule has 0 aliphatic rings. The molecule has 6 nitrogen and oxygen atoms in total.